The van der Waals surface area contributed by atoms with Crippen molar-refractivity contribution in [1.82, 2.24) is 4.90 Å². The van der Waals surface area contributed by atoms with Crippen LogP contribution in [0.1, 0.15) is 151 Å². The Balaban J connectivity index is 2.61. The van der Waals surface area contributed by atoms with Gasteiger partial charge < -0.3 is 9.64 Å². The lowest BCUT2D eigenvalue weighted by atomic mass is 9.88. The highest BCUT2D eigenvalue weighted by atomic mass is 16.5. The van der Waals surface area contributed by atoms with E-state index in [1.807, 2.05) is 0 Å². The molecule has 262 valence electrons. The third-order valence-electron chi connectivity index (χ3n) is 10.4. The Morgan fingerprint density at radius 1 is 0.957 bits per heavy atom. The molecule has 3 heteroatoms. The summed E-state index contributed by atoms with van der Waals surface area (Å²) in [6.07, 6.45) is 21.3. The van der Waals surface area contributed by atoms with E-state index in [0.29, 0.717) is 11.8 Å². The molecule has 1 aromatic carbocycles. The molecule has 1 fully saturated rings. The Morgan fingerprint density at radius 2 is 1.68 bits per heavy atom. The number of hydrogen-bond acceptors (Lipinski definition) is 3. The second kappa shape index (κ2) is 21.2. The quantitative estimate of drug-likeness (QED) is 0.0803. The topological polar surface area (TPSA) is 24.8 Å². The van der Waals surface area contributed by atoms with Gasteiger partial charge in [-0.15, -0.1) is 0 Å². The Bertz CT molecular complexity index is 1300. The van der Waals surface area contributed by atoms with E-state index in [4.69, 9.17) is 9.73 Å². The van der Waals surface area contributed by atoms with Crippen molar-refractivity contribution in [3.05, 3.63) is 81.8 Å². The number of benzene rings is 1. The molecule has 0 N–H and O–H groups in total. The van der Waals surface area contributed by atoms with Crippen molar-refractivity contribution in [3.8, 4) is 5.75 Å². The summed E-state index contributed by atoms with van der Waals surface area (Å²) in [5, 5.41) is 0. The maximum atomic E-state index is 6.44. The molecule has 47 heavy (non-hydrogen) atoms. The number of unbranched alkanes of at least 4 members (excludes halogenated alkanes) is 1. The molecule has 3 atom stereocenters. The predicted molar refractivity (Wildman–Crippen MR) is 209 cm³/mol. The van der Waals surface area contributed by atoms with Crippen LogP contribution in [0.5, 0.6) is 5.75 Å². The van der Waals surface area contributed by atoms with Crippen molar-refractivity contribution in [2.75, 3.05) is 13.1 Å². The van der Waals surface area contributed by atoms with E-state index in [2.05, 4.69) is 130 Å². The van der Waals surface area contributed by atoms with Crippen molar-refractivity contribution in [1.29, 1.82) is 0 Å². The molecule has 2 rings (SSSR count). The maximum Gasteiger partial charge on any atom is 0.130 e. The number of aliphatic imine (C=N–C) groups is 1. The van der Waals surface area contributed by atoms with E-state index in [1.54, 1.807) is 5.57 Å². The minimum atomic E-state index is 0.333. The van der Waals surface area contributed by atoms with Crippen LogP contribution in [0.2, 0.25) is 0 Å². The normalized spacial score (nSPS) is 16.9. The highest BCUT2D eigenvalue weighted by Crippen LogP contribution is 2.33. The molecule has 0 amide bonds. The molecule has 0 saturated heterocycles. The van der Waals surface area contributed by atoms with Crippen LogP contribution in [0.3, 0.4) is 0 Å². The predicted octanol–water partition coefficient (Wildman–Crippen LogP) is 13.4. The summed E-state index contributed by atoms with van der Waals surface area (Å²) in [5.41, 5.74) is 9.89. The first-order valence-electron chi connectivity index (χ1n) is 19.0. The molecular weight excluding hydrogens is 572 g/mol. The van der Waals surface area contributed by atoms with E-state index in [0.717, 1.165) is 65.9 Å². The fourth-order valence-corrected chi connectivity index (χ4v) is 5.75. The fourth-order valence-electron chi connectivity index (χ4n) is 5.75. The molecule has 0 aromatic heterocycles. The van der Waals surface area contributed by atoms with Crippen LogP contribution in [-0.2, 0) is 0 Å². The monoisotopic (exact) mass is 643 g/mol. The third-order valence-corrected chi connectivity index (χ3v) is 10.4. The van der Waals surface area contributed by atoms with Gasteiger partial charge in [-0.3, -0.25) is 4.99 Å². The van der Waals surface area contributed by atoms with Crippen molar-refractivity contribution in [2.24, 2.45) is 22.7 Å². The van der Waals surface area contributed by atoms with Crippen LogP contribution in [0.25, 0.3) is 5.70 Å². The highest BCUT2D eigenvalue weighted by molar-refractivity contribution is 6.00. The van der Waals surface area contributed by atoms with Gasteiger partial charge >= 0.3 is 0 Å². The van der Waals surface area contributed by atoms with Crippen molar-refractivity contribution in [3.63, 3.8) is 0 Å². The number of hydrogen-bond donors (Lipinski definition) is 0. The molecule has 1 saturated carbocycles. The summed E-state index contributed by atoms with van der Waals surface area (Å²) >= 11 is 0. The van der Waals surface area contributed by atoms with E-state index >= 15 is 0 Å². The smallest absolute Gasteiger partial charge is 0.130 e. The van der Waals surface area contributed by atoms with Gasteiger partial charge in [-0.2, -0.15) is 0 Å². The van der Waals surface area contributed by atoms with Crippen LogP contribution in [0.4, 0.5) is 0 Å². The van der Waals surface area contributed by atoms with Crippen molar-refractivity contribution in [2.45, 2.75) is 147 Å². The van der Waals surface area contributed by atoms with Crippen molar-refractivity contribution >= 4 is 11.4 Å². The fraction of sp³-hybridized carbons (Fsp3) is 0.614. The molecule has 1 aliphatic carbocycles. The average molecular weight is 643 g/mol. The SMILES string of the molecule is C\C=C(/C=C\C(=N\C(=C/C(C)=C1CCC1)c1ccc(C)c(O/C(C)=C(\C)CC)c1)C(C)CC)N(CCC(C)CC)C[C@H](C)CCCC. The molecule has 0 bridgehead atoms. The Kier molecular flexibility index (Phi) is 18.2. The maximum absolute atomic E-state index is 6.44. The number of rotatable bonds is 20. The summed E-state index contributed by atoms with van der Waals surface area (Å²) in [5.74, 6) is 3.64. The van der Waals surface area contributed by atoms with E-state index in [9.17, 15) is 0 Å². The number of nitrogens with zero attached hydrogens (tertiary/aromatic N) is 2. The van der Waals surface area contributed by atoms with Crippen molar-refractivity contribution < 1.29 is 4.74 Å². The summed E-state index contributed by atoms with van der Waals surface area (Å²) in [7, 11) is 0. The largest absolute Gasteiger partial charge is 0.462 e. The van der Waals surface area contributed by atoms with Crippen LogP contribution in [0, 0.1) is 24.7 Å². The summed E-state index contributed by atoms with van der Waals surface area (Å²) in [4.78, 5) is 8.13. The molecule has 3 nitrogen and oxygen atoms in total. The summed E-state index contributed by atoms with van der Waals surface area (Å²) < 4.78 is 6.44. The van der Waals surface area contributed by atoms with Gasteiger partial charge in [0.15, 0.2) is 0 Å². The second-order valence-electron chi connectivity index (χ2n) is 14.3. The van der Waals surface area contributed by atoms with Gasteiger partial charge in [0, 0.05) is 30.1 Å². The zero-order valence-electron chi connectivity index (χ0n) is 32.6. The molecule has 0 heterocycles. The Morgan fingerprint density at radius 3 is 2.26 bits per heavy atom. The standard InChI is InChI=1S/C44H70N2O/c1-13-18-20-33(7)31-46(28-27-32(6)14-2)41(17-5)25-26-42(35(9)16-4)45-43(29-37(11)39-21-19-22-39)40-24-23-36(10)44(30-40)47-38(12)34(8)15-3/h17,23-26,29-30,32-33,35H,13-16,18-22,27-28,31H2,1-12H3/b26-25-,38-34+,41-17+,43-29-,45-42-/t32?,33-,35?/m1/s1. The van der Waals surface area contributed by atoms with Gasteiger partial charge in [0.2, 0.25) is 0 Å². The number of allylic oxidation sites excluding steroid dienone is 8. The third kappa shape index (κ3) is 13.3. The molecule has 0 radical (unpaired) electrons. The lowest BCUT2D eigenvalue weighted by molar-refractivity contribution is 0.271. The zero-order valence-corrected chi connectivity index (χ0v) is 32.6. The van der Waals surface area contributed by atoms with E-state index in [-0.39, 0.29) is 0 Å². The first-order chi connectivity index (χ1) is 22.5. The van der Waals surface area contributed by atoms with Crippen LogP contribution in [0.15, 0.2) is 75.7 Å². The highest BCUT2D eigenvalue weighted by Gasteiger charge is 2.16. The molecule has 0 aliphatic heterocycles. The Labute approximate surface area is 291 Å². The lowest BCUT2D eigenvalue weighted by Crippen LogP contribution is -2.29. The number of ether oxygens (including phenoxy) is 1. The average Bonchev–Trinajstić information content (AvgIpc) is 3.04. The van der Waals surface area contributed by atoms with Gasteiger partial charge in [-0.1, -0.05) is 91.5 Å². The van der Waals surface area contributed by atoms with Gasteiger partial charge in [0.1, 0.15) is 5.75 Å². The van der Waals surface area contributed by atoms with Crippen LogP contribution < -0.4 is 4.74 Å². The minimum Gasteiger partial charge on any atom is -0.462 e. The van der Waals surface area contributed by atoms with E-state index < -0.39 is 0 Å². The molecule has 2 unspecified atom stereocenters. The van der Waals surface area contributed by atoms with Gasteiger partial charge in [0.05, 0.1) is 11.5 Å². The molecule has 1 aliphatic rings. The van der Waals surface area contributed by atoms with Crippen LogP contribution >= 0.6 is 0 Å². The van der Waals surface area contributed by atoms with Crippen LogP contribution in [-0.4, -0.2) is 23.7 Å². The Hall–Kier alpha value is -2.81. The summed E-state index contributed by atoms with van der Waals surface area (Å²) in [6.45, 7) is 29.2. The molecule has 1 aromatic rings. The number of aryl methyl sites for hydroxylation is 1. The molecule has 0 spiro atoms. The van der Waals surface area contributed by atoms with Gasteiger partial charge in [-0.25, -0.2) is 0 Å². The summed E-state index contributed by atoms with van der Waals surface area (Å²) in [6, 6.07) is 6.59. The minimum absolute atomic E-state index is 0.333. The van der Waals surface area contributed by atoms with E-state index in [1.165, 1.54) is 68.2 Å². The first kappa shape index (κ1) is 40.4. The first-order valence-corrected chi connectivity index (χ1v) is 19.0. The zero-order chi connectivity index (χ0) is 34.9. The molecular formula is C44H70N2O. The van der Waals surface area contributed by atoms with Gasteiger partial charge in [-0.05, 0) is 138 Å². The van der Waals surface area contributed by atoms with Gasteiger partial charge in [0.25, 0.3) is 0 Å². The second-order valence-corrected chi connectivity index (χ2v) is 14.3. The lowest BCUT2D eigenvalue weighted by Gasteiger charge is -2.30.